The van der Waals surface area contributed by atoms with Crippen LogP contribution in [0.4, 0.5) is 0 Å². The number of hydrogen-bond donors (Lipinski definition) is 1. The molecule has 2 heteroatoms. The second-order valence-corrected chi connectivity index (χ2v) is 4.78. The van der Waals surface area contributed by atoms with Crippen LogP contribution in [0, 0.1) is 5.92 Å². The summed E-state index contributed by atoms with van der Waals surface area (Å²) in [7, 11) is 0. The van der Waals surface area contributed by atoms with Crippen LogP contribution in [0.3, 0.4) is 0 Å². The predicted molar refractivity (Wildman–Crippen MR) is 58.4 cm³/mol. The van der Waals surface area contributed by atoms with E-state index in [-0.39, 0.29) is 0 Å². The first-order chi connectivity index (χ1) is 6.95. The van der Waals surface area contributed by atoms with E-state index in [1.54, 1.807) is 0 Å². The van der Waals surface area contributed by atoms with Crippen molar-refractivity contribution < 1.29 is 4.74 Å². The highest BCUT2D eigenvalue weighted by Crippen LogP contribution is 2.29. The van der Waals surface area contributed by atoms with Crippen LogP contribution >= 0.6 is 0 Å². The van der Waals surface area contributed by atoms with E-state index in [9.17, 15) is 0 Å². The van der Waals surface area contributed by atoms with Crippen LogP contribution < -0.4 is 5.32 Å². The quantitative estimate of drug-likeness (QED) is 0.603. The molecule has 2 aliphatic rings. The van der Waals surface area contributed by atoms with Gasteiger partial charge in [0.25, 0.3) is 0 Å². The Morgan fingerprint density at radius 2 is 1.93 bits per heavy atom. The van der Waals surface area contributed by atoms with Gasteiger partial charge in [0.1, 0.15) is 0 Å². The van der Waals surface area contributed by atoms with Gasteiger partial charge < -0.3 is 10.1 Å². The van der Waals surface area contributed by atoms with Crippen LogP contribution in [0.15, 0.2) is 0 Å². The molecule has 0 bridgehead atoms. The van der Waals surface area contributed by atoms with Crippen LogP contribution in [0.2, 0.25) is 0 Å². The second kappa shape index (κ2) is 5.72. The van der Waals surface area contributed by atoms with Crippen LogP contribution in [0.25, 0.3) is 0 Å². The fourth-order valence-corrected chi connectivity index (χ4v) is 1.90. The van der Waals surface area contributed by atoms with Crippen LogP contribution in [-0.4, -0.2) is 25.8 Å². The van der Waals surface area contributed by atoms with E-state index in [0.717, 1.165) is 31.7 Å². The van der Waals surface area contributed by atoms with Gasteiger partial charge in [0.2, 0.25) is 0 Å². The van der Waals surface area contributed by atoms with Crippen LogP contribution in [-0.2, 0) is 4.74 Å². The molecule has 0 spiro atoms. The third kappa shape index (κ3) is 3.97. The fraction of sp³-hybridized carbons (Fsp3) is 1.00. The zero-order valence-corrected chi connectivity index (χ0v) is 9.13. The molecule has 0 aromatic rings. The Hall–Kier alpha value is -0.0800. The average Bonchev–Trinajstić information content (AvgIpc) is 2.90. The molecule has 0 aromatic carbocycles. The van der Waals surface area contributed by atoms with E-state index in [1.807, 2.05) is 0 Å². The van der Waals surface area contributed by atoms with E-state index in [0.29, 0.717) is 0 Å². The zero-order chi connectivity index (χ0) is 9.64. The maximum Gasteiger partial charge on any atom is 0.0478 e. The molecule has 0 aliphatic heterocycles. The molecular formula is C12H23NO. The van der Waals surface area contributed by atoms with Crippen molar-refractivity contribution in [1.29, 1.82) is 0 Å². The van der Waals surface area contributed by atoms with E-state index in [1.165, 1.54) is 44.9 Å². The standard InChI is InChI=1S/C12H23NO/c1-3-11(4-1)7-10-14-9-2-8-13-12-5-6-12/h11-13H,1-10H2. The molecule has 2 fully saturated rings. The van der Waals surface area contributed by atoms with Crippen molar-refractivity contribution in [3.05, 3.63) is 0 Å². The van der Waals surface area contributed by atoms with Crippen molar-refractivity contribution in [3.8, 4) is 0 Å². The summed E-state index contributed by atoms with van der Waals surface area (Å²) < 4.78 is 5.60. The predicted octanol–water partition coefficient (Wildman–Crippen LogP) is 2.34. The topological polar surface area (TPSA) is 21.3 Å². The molecule has 0 amide bonds. The minimum absolute atomic E-state index is 0.852. The molecule has 0 atom stereocenters. The Balaban J connectivity index is 1.29. The summed E-state index contributed by atoms with van der Waals surface area (Å²) in [6, 6.07) is 0.852. The summed E-state index contributed by atoms with van der Waals surface area (Å²) in [5, 5.41) is 3.50. The van der Waals surface area contributed by atoms with E-state index < -0.39 is 0 Å². The van der Waals surface area contributed by atoms with E-state index >= 15 is 0 Å². The average molecular weight is 197 g/mol. The largest absolute Gasteiger partial charge is 0.381 e. The lowest BCUT2D eigenvalue weighted by atomic mass is 9.83. The lowest BCUT2D eigenvalue weighted by Gasteiger charge is -2.24. The Morgan fingerprint density at radius 3 is 2.57 bits per heavy atom. The van der Waals surface area contributed by atoms with E-state index in [2.05, 4.69) is 5.32 Å². The monoisotopic (exact) mass is 197 g/mol. The highest BCUT2D eigenvalue weighted by Gasteiger charge is 2.19. The molecule has 0 saturated heterocycles. The molecule has 0 radical (unpaired) electrons. The molecule has 0 heterocycles. The van der Waals surface area contributed by atoms with Gasteiger partial charge in [-0.2, -0.15) is 0 Å². The van der Waals surface area contributed by atoms with Crippen molar-refractivity contribution in [3.63, 3.8) is 0 Å². The number of rotatable bonds is 8. The first-order valence-electron chi connectivity index (χ1n) is 6.26. The summed E-state index contributed by atoms with van der Waals surface area (Å²) in [5.41, 5.74) is 0. The van der Waals surface area contributed by atoms with Gasteiger partial charge in [-0.1, -0.05) is 19.3 Å². The van der Waals surface area contributed by atoms with Gasteiger partial charge in [-0.05, 0) is 38.1 Å². The smallest absolute Gasteiger partial charge is 0.0478 e. The molecule has 2 saturated carbocycles. The lowest BCUT2D eigenvalue weighted by molar-refractivity contribution is 0.105. The Labute approximate surface area is 87.4 Å². The maximum absolute atomic E-state index is 5.60. The summed E-state index contributed by atoms with van der Waals surface area (Å²) in [5.74, 6) is 1.000. The summed E-state index contributed by atoms with van der Waals surface area (Å²) in [4.78, 5) is 0. The molecule has 2 aliphatic carbocycles. The summed E-state index contributed by atoms with van der Waals surface area (Å²) in [6.45, 7) is 3.09. The maximum atomic E-state index is 5.60. The van der Waals surface area contributed by atoms with Crippen molar-refractivity contribution >= 4 is 0 Å². The first kappa shape index (κ1) is 10.4. The minimum Gasteiger partial charge on any atom is -0.381 e. The molecule has 2 nitrogen and oxygen atoms in total. The van der Waals surface area contributed by atoms with E-state index in [4.69, 9.17) is 4.74 Å². The van der Waals surface area contributed by atoms with Gasteiger partial charge in [0.15, 0.2) is 0 Å². The van der Waals surface area contributed by atoms with Gasteiger partial charge in [0.05, 0.1) is 0 Å². The summed E-state index contributed by atoms with van der Waals surface area (Å²) in [6.07, 6.45) is 9.62. The van der Waals surface area contributed by atoms with Crippen molar-refractivity contribution in [2.45, 2.75) is 51.0 Å². The number of hydrogen-bond acceptors (Lipinski definition) is 2. The van der Waals surface area contributed by atoms with Crippen LogP contribution in [0.1, 0.15) is 44.9 Å². The third-order valence-corrected chi connectivity index (χ3v) is 3.37. The Bertz CT molecular complexity index is 152. The van der Waals surface area contributed by atoms with Crippen LogP contribution in [0.5, 0.6) is 0 Å². The normalized spacial score (nSPS) is 22.3. The molecule has 0 unspecified atom stereocenters. The second-order valence-electron chi connectivity index (χ2n) is 4.78. The third-order valence-electron chi connectivity index (χ3n) is 3.37. The highest BCUT2D eigenvalue weighted by molar-refractivity contribution is 4.80. The number of nitrogens with one attached hydrogen (secondary N) is 1. The Morgan fingerprint density at radius 1 is 1.07 bits per heavy atom. The van der Waals surface area contributed by atoms with Gasteiger partial charge in [-0.15, -0.1) is 0 Å². The zero-order valence-electron chi connectivity index (χ0n) is 9.13. The Kier molecular flexibility index (Phi) is 4.26. The first-order valence-corrected chi connectivity index (χ1v) is 6.26. The van der Waals surface area contributed by atoms with Crippen molar-refractivity contribution in [1.82, 2.24) is 5.32 Å². The van der Waals surface area contributed by atoms with Gasteiger partial charge in [-0.3, -0.25) is 0 Å². The molecule has 0 aromatic heterocycles. The van der Waals surface area contributed by atoms with Gasteiger partial charge in [0, 0.05) is 19.3 Å². The van der Waals surface area contributed by atoms with Crippen molar-refractivity contribution in [2.75, 3.05) is 19.8 Å². The fourth-order valence-electron chi connectivity index (χ4n) is 1.90. The molecule has 14 heavy (non-hydrogen) atoms. The van der Waals surface area contributed by atoms with Crippen molar-refractivity contribution in [2.24, 2.45) is 5.92 Å². The molecule has 2 rings (SSSR count). The highest BCUT2D eigenvalue weighted by atomic mass is 16.5. The SMILES string of the molecule is C(CNC1CC1)COCCC1CCC1. The van der Waals surface area contributed by atoms with Gasteiger partial charge >= 0.3 is 0 Å². The summed E-state index contributed by atoms with van der Waals surface area (Å²) >= 11 is 0. The minimum atomic E-state index is 0.852. The number of ether oxygens (including phenoxy) is 1. The molecular weight excluding hydrogens is 174 g/mol. The van der Waals surface area contributed by atoms with Gasteiger partial charge in [-0.25, -0.2) is 0 Å². The molecule has 82 valence electrons. The molecule has 1 N–H and O–H groups in total. The lowest BCUT2D eigenvalue weighted by Crippen LogP contribution is -2.19.